The molecule has 2 aromatic carbocycles. The first-order valence-electron chi connectivity index (χ1n) is 8.04. The molecule has 2 aromatic rings. The summed E-state index contributed by atoms with van der Waals surface area (Å²) < 4.78 is 10.7. The SMILES string of the molecule is COc1ccc2cc(C(C)C(=O)OCCC(C)(C)C)ccc2c1. The fraction of sp³-hybridized carbons (Fsp3) is 0.450. The van der Waals surface area contributed by atoms with Gasteiger partial charge in [-0.3, -0.25) is 4.79 Å². The molecule has 124 valence electrons. The van der Waals surface area contributed by atoms with Gasteiger partial charge in [0, 0.05) is 0 Å². The Morgan fingerprint density at radius 1 is 1.09 bits per heavy atom. The highest BCUT2D eigenvalue weighted by atomic mass is 16.5. The van der Waals surface area contributed by atoms with Crippen molar-refractivity contribution >= 4 is 16.7 Å². The van der Waals surface area contributed by atoms with Gasteiger partial charge in [-0.25, -0.2) is 0 Å². The lowest BCUT2D eigenvalue weighted by atomic mass is 9.93. The van der Waals surface area contributed by atoms with E-state index in [2.05, 4.69) is 20.8 Å². The second-order valence-electron chi connectivity index (χ2n) is 7.17. The molecule has 0 N–H and O–H groups in total. The molecule has 0 radical (unpaired) electrons. The van der Waals surface area contributed by atoms with Crippen molar-refractivity contribution in [3.8, 4) is 5.75 Å². The summed E-state index contributed by atoms with van der Waals surface area (Å²) >= 11 is 0. The van der Waals surface area contributed by atoms with E-state index in [-0.39, 0.29) is 17.3 Å². The van der Waals surface area contributed by atoms with E-state index in [4.69, 9.17) is 9.47 Å². The van der Waals surface area contributed by atoms with Gasteiger partial charge in [0.2, 0.25) is 0 Å². The third-order valence-corrected chi connectivity index (χ3v) is 4.02. The molecule has 0 saturated heterocycles. The summed E-state index contributed by atoms with van der Waals surface area (Å²) in [7, 11) is 1.66. The van der Waals surface area contributed by atoms with E-state index in [1.54, 1.807) is 7.11 Å². The highest BCUT2D eigenvalue weighted by Gasteiger charge is 2.18. The zero-order chi connectivity index (χ0) is 17.0. The average molecular weight is 314 g/mol. The summed E-state index contributed by atoms with van der Waals surface area (Å²) in [6.45, 7) is 8.78. The van der Waals surface area contributed by atoms with Gasteiger partial charge in [0.05, 0.1) is 19.6 Å². The van der Waals surface area contributed by atoms with E-state index >= 15 is 0 Å². The third-order valence-electron chi connectivity index (χ3n) is 4.02. The first-order chi connectivity index (χ1) is 10.8. The van der Waals surface area contributed by atoms with E-state index < -0.39 is 0 Å². The minimum Gasteiger partial charge on any atom is -0.497 e. The third kappa shape index (κ3) is 4.72. The molecule has 0 aliphatic heterocycles. The van der Waals surface area contributed by atoms with Crippen molar-refractivity contribution < 1.29 is 14.3 Å². The van der Waals surface area contributed by atoms with Gasteiger partial charge in [0.1, 0.15) is 5.75 Å². The molecule has 3 nitrogen and oxygen atoms in total. The van der Waals surface area contributed by atoms with Crippen molar-refractivity contribution in [3.05, 3.63) is 42.0 Å². The summed E-state index contributed by atoms with van der Waals surface area (Å²) in [5.41, 5.74) is 1.15. The Bertz CT molecular complexity index is 683. The fourth-order valence-electron chi connectivity index (χ4n) is 2.36. The standard InChI is InChI=1S/C20H26O3/c1-14(19(21)23-11-10-20(2,3)4)15-6-7-17-13-18(22-5)9-8-16(17)12-15/h6-9,12-14H,10-11H2,1-5H3. The second kappa shape index (κ2) is 7.03. The number of rotatable bonds is 5. The molecule has 0 aliphatic carbocycles. The number of hydrogen-bond acceptors (Lipinski definition) is 3. The van der Waals surface area contributed by atoms with E-state index in [0.717, 1.165) is 28.5 Å². The number of hydrogen-bond donors (Lipinski definition) is 0. The quantitative estimate of drug-likeness (QED) is 0.734. The van der Waals surface area contributed by atoms with E-state index in [1.165, 1.54) is 0 Å². The molecule has 3 heteroatoms. The van der Waals surface area contributed by atoms with Crippen LogP contribution in [0.4, 0.5) is 0 Å². The normalized spacial score (nSPS) is 12.9. The van der Waals surface area contributed by atoms with Crippen LogP contribution < -0.4 is 4.74 Å². The predicted molar refractivity (Wildman–Crippen MR) is 93.9 cm³/mol. The van der Waals surface area contributed by atoms with Gasteiger partial charge in [-0.2, -0.15) is 0 Å². The number of benzene rings is 2. The van der Waals surface area contributed by atoms with Gasteiger partial charge < -0.3 is 9.47 Å². The Balaban J connectivity index is 2.08. The zero-order valence-corrected chi connectivity index (χ0v) is 14.7. The van der Waals surface area contributed by atoms with Gasteiger partial charge in [-0.15, -0.1) is 0 Å². The Morgan fingerprint density at radius 3 is 2.39 bits per heavy atom. The van der Waals surface area contributed by atoms with Crippen molar-refractivity contribution in [1.29, 1.82) is 0 Å². The molecule has 0 aromatic heterocycles. The van der Waals surface area contributed by atoms with Crippen LogP contribution in [0.5, 0.6) is 5.75 Å². The van der Waals surface area contributed by atoms with Crippen molar-refractivity contribution in [2.24, 2.45) is 5.41 Å². The van der Waals surface area contributed by atoms with Crippen molar-refractivity contribution in [3.63, 3.8) is 0 Å². The molecule has 0 saturated carbocycles. The van der Waals surface area contributed by atoms with Crippen LogP contribution in [0.2, 0.25) is 0 Å². The predicted octanol–water partition coefficient (Wildman–Crippen LogP) is 4.93. The molecule has 23 heavy (non-hydrogen) atoms. The summed E-state index contributed by atoms with van der Waals surface area (Å²) in [5.74, 6) is 0.406. The number of methoxy groups -OCH3 is 1. The van der Waals surface area contributed by atoms with Crippen LogP contribution in [0.25, 0.3) is 10.8 Å². The van der Waals surface area contributed by atoms with Crippen LogP contribution in [-0.4, -0.2) is 19.7 Å². The monoisotopic (exact) mass is 314 g/mol. The molecule has 1 unspecified atom stereocenters. The zero-order valence-electron chi connectivity index (χ0n) is 14.7. The Labute approximate surface area is 138 Å². The van der Waals surface area contributed by atoms with Crippen LogP contribution in [0.3, 0.4) is 0 Å². The summed E-state index contributed by atoms with van der Waals surface area (Å²) in [6.07, 6.45) is 0.864. The lowest BCUT2D eigenvalue weighted by Gasteiger charge is -2.19. The van der Waals surface area contributed by atoms with Crippen molar-refractivity contribution in [2.45, 2.75) is 40.0 Å². The lowest BCUT2D eigenvalue weighted by Crippen LogP contribution is -2.17. The summed E-state index contributed by atoms with van der Waals surface area (Å²) in [5, 5.41) is 2.19. The Morgan fingerprint density at radius 2 is 1.74 bits per heavy atom. The Kier molecular flexibility index (Phi) is 5.30. The summed E-state index contributed by atoms with van der Waals surface area (Å²) in [6, 6.07) is 12.0. The minimum atomic E-state index is -0.263. The molecule has 0 spiro atoms. The van der Waals surface area contributed by atoms with Crippen LogP contribution in [0.15, 0.2) is 36.4 Å². The Hall–Kier alpha value is -2.03. The van der Waals surface area contributed by atoms with Crippen molar-refractivity contribution in [2.75, 3.05) is 13.7 Å². The van der Waals surface area contributed by atoms with Crippen molar-refractivity contribution in [1.82, 2.24) is 0 Å². The highest BCUT2D eigenvalue weighted by Crippen LogP contribution is 2.26. The smallest absolute Gasteiger partial charge is 0.313 e. The van der Waals surface area contributed by atoms with Crippen LogP contribution in [-0.2, 0) is 9.53 Å². The molecule has 1 atom stereocenters. The number of fused-ring (bicyclic) bond motifs is 1. The topological polar surface area (TPSA) is 35.5 Å². The maximum Gasteiger partial charge on any atom is 0.313 e. The number of esters is 1. The second-order valence-corrected chi connectivity index (χ2v) is 7.17. The van der Waals surface area contributed by atoms with Gasteiger partial charge in [0.15, 0.2) is 0 Å². The van der Waals surface area contributed by atoms with Gasteiger partial charge in [-0.05, 0) is 47.2 Å². The maximum atomic E-state index is 12.2. The van der Waals surface area contributed by atoms with Gasteiger partial charge in [-0.1, -0.05) is 45.0 Å². The van der Waals surface area contributed by atoms with E-state index in [1.807, 2.05) is 43.3 Å². The van der Waals surface area contributed by atoms with E-state index in [9.17, 15) is 4.79 Å². The van der Waals surface area contributed by atoms with Crippen LogP contribution in [0, 0.1) is 5.41 Å². The molecule has 0 amide bonds. The first kappa shape index (κ1) is 17.3. The maximum absolute atomic E-state index is 12.2. The molecule has 0 bridgehead atoms. The molecule has 0 heterocycles. The number of carbonyl (C=O) groups is 1. The minimum absolute atomic E-state index is 0.165. The number of ether oxygens (including phenoxy) is 2. The van der Waals surface area contributed by atoms with Gasteiger partial charge in [0.25, 0.3) is 0 Å². The molecule has 0 aliphatic rings. The van der Waals surface area contributed by atoms with E-state index in [0.29, 0.717) is 6.61 Å². The van der Waals surface area contributed by atoms with Crippen LogP contribution >= 0.6 is 0 Å². The first-order valence-corrected chi connectivity index (χ1v) is 8.04. The lowest BCUT2D eigenvalue weighted by molar-refractivity contribution is -0.145. The fourth-order valence-corrected chi connectivity index (χ4v) is 2.36. The molecular formula is C20H26O3. The largest absolute Gasteiger partial charge is 0.497 e. The number of carbonyl (C=O) groups excluding carboxylic acids is 1. The molecular weight excluding hydrogens is 288 g/mol. The highest BCUT2D eigenvalue weighted by molar-refractivity contribution is 5.86. The molecule has 0 fully saturated rings. The van der Waals surface area contributed by atoms with Gasteiger partial charge >= 0.3 is 5.97 Å². The molecule has 2 rings (SSSR count). The van der Waals surface area contributed by atoms with Crippen LogP contribution in [0.1, 0.15) is 45.6 Å². The summed E-state index contributed by atoms with van der Waals surface area (Å²) in [4.78, 5) is 12.2. The average Bonchev–Trinajstić information content (AvgIpc) is 2.51.